The van der Waals surface area contributed by atoms with E-state index in [0.717, 1.165) is 52.8 Å². The first kappa shape index (κ1) is 17.2. The number of methoxy groups -OCH3 is 1. The van der Waals surface area contributed by atoms with Crippen molar-refractivity contribution >= 4 is 28.6 Å². The number of carbonyl (C=O) groups excluding carboxylic acids is 1. The fourth-order valence-electron chi connectivity index (χ4n) is 3.23. The molecule has 0 spiro atoms. The second kappa shape index (κ2) is 7.55. The van der Waals surface area contributed by atoms with Crippen LogP contribution in [0.1, 0.15) is 34.1 Å². The molecule has 0 radical (unpaired) electrons. The molecule has 0 N–H and O–H groups in total. The van der Waals surface area contributed by atoms with Crippen molar-refractivity contribution in [2.75, 3.05) is 20.2 Å². The van der Waals surface area contributed by atoms with E-state index in [4.69, 9.17) is 4.74 Å². The Kier molecular flexibility index (Phi) is 4.99. The molecule has 26 heavy (non-hydrogen) atoms. The van der Waals surface area contributed by atoms with Crippen LogP contribution in [0.2, 0.25) is 0 Å². The molecule has 1 saturated heterocycles. The minimum Gasteiger partial charge on any atom is -0.496 e. The van der Waals surface area contributed by atoms with Crippen molar-refractivity contribution in [3.05, 3.63) is 51.7 Å². The number of benzene rings is 1. The third-order valence-corrected chi connectivity index (χ3v) is 6.48. The van der Waals surface area contributed by atoms with Crippen LogP contribution in [0.15, 0.2) is 41.1 Å². The number of carbonyl (C=O) groups is 1. The van der Waals surface area contributed by atoms with Gasteiger partial charge in [-0.2, -0.15) is 11.3 Å². The van der Waals surface area contributed by atoms with Gasteiger partial charge in [-0.05, 0) is 36.4 Å². The summed E-state index contributed by atoms with van der Waals surface area (Å²) < 4.78 is 5.43. The van der Waals surface area contributed by atoms with Crippen molar-refractivity contribution in [2.24, 2.45) is 0 Å². The highest BCUT2D eigenvalue weighted by molar-refractivity contribution is 7.14. The highest BCUT2D eigenvalue weighted by Crippen LogP contribution is 2.36. The largest absolute Gasteiger partial charge is 0.496 e. The number of para-hydroxylation sites is 1. The molecule has 0 bridgehead atoms. The molecule has 1 amide bonds. The van der Waals surface area contributed by atoms with Crippen LogP contribution in [-0.2, 0) is 0 Å². The van der Waals surface area contributed by atoms with Gasteiger partial charge in [-0.25, -0.2) is 0 Å². The molecule has 0 atom stereocenters. The molecule has 7 heteroatoms. The molecule has 1 fully saturated rings. The van der Waals surface area contributed by atoms with E-state index in [1.807, 2.05) is 46.0 Å². The predicted octanol–water partition coefficient (Wildman–Crippen LogP) is 4.30. The van der Waals surface area contributed by atoms with Crippen LogP contribution in [-0.4, -0.2) is 41.2 Å². The summed E-state index contributed by atoms with van der Waals surface area (Å²) in [4.78, 5) is 14.4. The number of amides is 1. The Morgan fingerprint density at radius 3 is 2.73 bits per heavy atom. The fourth-order valence-corrected chi connectivity index (χ4v) is 4.90. The van der Waals surface area contributed by atoms with Crippen molar-refractivity contribution in [3.8, 4) is 16.3 Å². The standard InChI is InChI=1S/C19H19N3O2S2/c1-24-16-5-3-2-4-15(16)18-21-20-17(26-18)13-6-9-22(10-7-13)19(23)14-8-11-25-12-14/h2-5,8,11-13H,6-7,9-10H2,1H3. The number of rotatable bonds is 4. The number of likely N-dealkylation sites (tertiary alicyclic amines) is 1. The zero-order chi connectivity index (χ0) is 17.9. The molecule has 3 heterocycles. The molecule has 3 aromatic rings. The van der Waals surface area contributed by atoms with Crippen LogP contribution in [0.25, 0.3) is 10.6 Å². The number of thiophene rings is 1. The Labute approximate surface area is 160 Å². The van der Waals surface area contributed by atoms with Gasteiger partial charge in [-0.1, -0.05) is 23.5 Å². The Morgan fingerprint density at radius 2 is 2.00 bits per heavy atom. The SMILES string of the molecule is COc1ccccc1-c1nnc(C2CCN(C(=O)c3ccsc3)CC2)s1. The van der Waals surface area contributed by atoms with Crippen molar-refractivity contribution in [1.29, 1.82) is 0 Å². The molecule has 0 saturated carbocycles. The molecular weight excluding hydrogens is 366 g/mol. The molecule has 1 aromatic carbocycles. The molecule has 1 aliphatic heterocycles. The smallest absolute Gasteiger partial charge is 0.254 e. The van der Waals surface area contributed by atoms with Crippen LogP contribution < -0.4 is 4.74 Å². The molecule has 0 aliphatic carbocycles. The second-order valence-corrected chi connectivity index (χ2v) is 8.01. The van der Waals surface area contributed by atoms with Gasteiger partial charge in [0.05, 0.1) is 18.2 Å². The van der Waals surface area contributed by atoms with Crippen molar-refractivity contribution in [2.45, 2.75) is 18.8 Å². The van der Waals surface area contributed by atoms with Gasteiger partial charge in [-0.3, -0.25) is 4.79 Å². The van der Waals surface area contributed by atoms with Gasteiger partial charge in [-0.15, -0.1) is 10.2 Å². The predicted molar refractivity (Wildman–Crippen MR) is 104 cm³/mol. The molecule has 5 nitrogen and oxygen atoms in total. The van der Waals surface area contributed by atoms with Gasteiger partial charge >= 0.3 is 0 Å². The number of ether oxygens (including phenoxy) is 1. The topological polar surface area (TPSA) is 55.3 Å². The molecule has 4 rings (SSSR count). The first-order chi connectivity index (χ1) is 12.8. The van der Waals surface area contributed by atoms with E-state index >= 15 is 0 Å². The minimum absolute atomic E-state index is 0.136. The fraction of sp³-hybridized carbons (Fsp3) is 0.316. The number of hydrogen-bond donors (Lipinski definition) is 0. The van der Waals surface area contributed by atoms with E-state index in [2.05, 4.69) is 10.2 Å². The Morgan fingerprint density at radius 1 is 1.19 bits per heavy atom. The molecule has 0 unspecified atom stereocenters. The molecular formula is C19H19N3O2S2. The third kappa shape index (κ3) is 3.37. The summed E-state index contributed by atoms with van der Waals surface area (Å²) in [5.74, 6) is 1.31. The van der Waals surface area contributed by atoms with Crippen molar-refractivity contribution in [3.63, 3.8) is 0 Å². The first-order valence-corrected chi connectivity index (χ1v) is 10.3. The number of piperidine rings is 1. The van der Waals surface area contributed by atoms with Crippen molar-refractivity contribution < 1.29 is 9.53 Å². The Bertz CT molecular complexity index is 884. The Balaban J connectivity index is 1.44. The second-order valence-electron chi connectivity index (χ2n) is 6.22. The van der Waals surface area contributed by atoms with Gasteiger partial charge < -0.3 is 9.64 Å². The zero-order valence-corrected chi connectivity index (χ0v) is 16.1. The summed E-state index contributed by atoms with van der Waals surface area (Å²) in [6, 6.07) is 9.76. The maximum atomic E-state index is 12.5. The number of hydrogen-bond acceptors (Lipinski definition) is 6. The summed E-state index contributed by atoms with van der Waals surface area (Å²) in [5.41, 5.74) is 1.77. The summed E-state index contributed by atoms with van der Waals surface area (Å²) in [6.45, 7) is 1.53. The maximum Gasteiger partial charge on any atom is 0.254 e. The van der Waals surface area contributed by atoms with E-state index < -0.39 is 0 Å². The highest BCUT2D eigenvalue weighted by Gasteiger charge is 2.27. The van der Waals surface area contributed by atoms with Crippen LogP contribution in [0.3, 0.4) is 0 Å². The minimum atomic E-state index is 0.136. The lowest BCUT2D eigenvalue weighted by molar-refractivity contribution is 0.0713. The van der Waals surface area contributed by atoms with E-state index in [-0.39, 0.29) is 5.91 Å². The Hall–Kier alpha value is -2.25. The van der Waals surface area contributed by atoms with Gasteiger partial charge in [0.25, 0.3) is 5.91 Å². The average Bonchev–Trinajstić information content (AvgIpc) is 3.39. The summed E-state index contributed by atoms with van der Waals surface area (Å²) in [6.07, 6.45) is 1.85. The third-order valence-electron chi connectivity index (χ3n) is 4.68. The van der Waals surface area contributed by atoms with E-state index in [9.17, 15) is 4.79 Å². The molecule has 134 valence electrons. The summed E-state index contributed by atoms with van der Waals surface area (Å²) in [5, 5.41) is 14.6. The lowest BCUT2D eigenvalue weighted by atomic mass is 9.97. The maximum absolute atomic E-state index is 12.5. The van der Waals surface area contributed by atoms with Crippen LogP contribution in [0.4, 0.5) is 0 Å². The van der Waals surface area contributed by atoms with Crippen LogP contribution in [0, 0.1) is 0 Å². The quantitative estimate of drug-likeness (QED) is 0.672. The first-order valence-electron chi connectivity index (χ1n) is 8.54. The summed E-state index contributed by atoms with van der Waals surface area (Å²) in [7, 11) is 1.67. The number of aromatic nitrogens is 2. The van der Waals surface area contributed by atoms with E-state index in [1.54, 1.807) is 29.8 Å². The molecule has 2 aromatic heterocycles. The number of nitrogens with zero attached hydrogens (tertiary/aromatic N) is 3. The lowest BCUT2D eigenvalue weighted by Crippen LogP contribution is -2.37. The van der Waals surface area contributed by atoms with Crippen LogP contribution >= 0.6 is 22.7 Å². The van der Waals surface area contributed by atoms with Crippen molar-refractivity contribution in [1.82, 2.24) is 15.1 Å². The van der Waals surface area contributed by atoms with Gasteiger partial charge in [0.2, 0.25) is 0 Å². The monoisotopic (exact) mass is 385 g/mol. The van der Waals surface area contributed by atoms with Gasteiger partial charge in [0.1, 0.15) is 10.8 Å². The van der Waals surface area contributed by atoms with Gasteiger partial charge in [0, 0.05) is 24.4 Å². The normalized spacial score (nSPS) is 15.2. The zero-order valence-electron chi connectivity index (χ0n) is 14.4. The lowest BCUT2D eigenvalue weighted by Gasteiger charge is -2.30. The van der Waals surface area contributed by atoms with E-state index in [1.165, 1.54) is 0 Å². The van der Waals surface area contributed by atoms with E-state index in [0.29, 0.717) is 5.92 Å². The average molecular weight is 386 g/mol. The highest BCUT2D eigenvalue weighted by atomic mass is 32.1. The van der Waals surface area contributed by atoms with Gasteiger partial charge in [0.15, 0.2) is 5.01 Å². The summed E-state index contributed by atoms with van der Waals surface area (Å²) >= 11 is 3.18. The molecule has 1 aliphatic rings. The van der Waals surface area contributed by atoms with Crippen LogP contribution in [0.5, 0.6) is 5.75 Å².